The lowest BCUT2D eigenvalue weighted by Gasteiger charge is -2.54. The number of aromatic nitrogens is 1. The predicted molar refractivity (Wildman–Crippen MR) is 137 cm³/mol. The van der Waals surface area contributed by atoms with Crippen LogP contribution in [0.15, 0.2) is 70.5 Å². The number of carbonyl (C=O) groups is 1. The highest BCUT2D eigenvalue weighted by molar-refractivity contribution is 7.98. The highest BCUT2D eigenvalue weighted by atomic mass is 32.2. The number of carbonyl (C=O) groups excluding carboxylic acids is 1. The second-order valence-corrected chi connectivity index (χ2v) is 10.9. The van der Waals surface area contributed by atoms with Gasteiger partial charge >= 0.3 is 0 Å². The third-order valence-electron chi connectivity index (χ3n) is 7.95. The Balaban J connectivity index is 1.57. The molecule has 37 heavy (non-hydrogen) atoms. The normalized spacial score (nSPS) is 22.0. The van der Waals surface area contributed by atoms with E-state index < -0.39 is 22.8 Å². The first-order valence-electron chi connectivity index (χ1n) is 12.3. The lowest BCUT2D eigenvalue weighted by atomic mass is 9.74. The van der Waals surface area contributed by atoms with E-state index in [1.807, 2.05) is 41.4 Å². The molecular weight excluding hydrogens is 493 g/mol. The first-order valence-corrected chi connectivity index (χ1v) is 13.3. The number of rotatable bonds is 0. The fourth-order valence-electron chi connectivity index (χ4n) is 6.01. The molecule has 2 aromatic carbocycles. The van der Waals surface area contributed by atoms with Crippen LogP contribution in [0, 0.1) is 5.82 Å². The number of pyridine rings is 1. The number of nitrogens with zero attached hydrogens (tertiary/aromatic N) is 3. The van der Waals surface area contributed by atoms with Gasteiger partial charge in [0.25, 0.3) is 5.91 Å². The van der Waals surface area contributed by atoms with E-state index in [4.69, 9.17) is 4.74 Å². The highest BCUT2D eigenvalue weighted by Gasteiger charge is 2.49. The molecule has 1 amide bonds. The molecular formula is C28H24FN3O4S. The van der Waals surface area contributed by atoms with Gasteiger partial charge in [-0.3, -0.25) is 19.3 Å². The van der Waals surface area contributed by atoms with Crippen molar-refractivity contribution >= 4 is 17.7 Å². The van der Waals surface area contributed by atoms with Crippen LogP contribution in [0.5, 0.6) is 11.5 Å². The zero-order valence-electron chi connectivity index (χ0n) is 19.9. The van der Waals surface area contributed by atoms with E-state index in [0.29, 0.717) is 11.5 Å². The smallest absolute Gasteiger partial charge is 0.278 e. The number of ether oxygens (including phenoxy) is 1. The molecule has 4 heterocycles. The predicted octanol–water partition coefficient (Wildman–Crippen LogP) is 4.31. The number of halogens is 1. The summed E-state index contributed by atoms with van der Waals surface area (Å²) in [6.45, 7) is 0.454. The van der Waals surface area contributed by atoms with Gasteiger partial charge < -0.3 is 14.7 Å². The van der Waals surface area contributed by atoms with Crippen LogP contribution in [0.3, 0.4) is 0 Å². The van der Waals surface area contributed by atoms with Gasteiger partial charge in [0.1, 0.15) is 30.9 Å². The summed E-state index contributed by atoms with van der Waals surface area (Å²) < 4.78 is 22.6. The van der Waals surface area contributed by atoms with Crippen LogP contribution in [0.2, 0.25) is 0 Å². The van der Waals surface area contributed by atoms with Crippen LogP contribution >= 0.6 is 11.8 Å². The summed E-state index contributed by atoms with van der Waals surface area (Å²) in [5.74, 6) is -0.322. The Kier molecular flexibility index (Phi) is 4.95. The summed E-state index contributed by atoms with van der Waals surface area (Å²) in [4.78, 5) is 29.2. The van der Waals surface area contributed by atoms with Gasteiger partial charge in [-0.25, -0.2) is 4.39 Å². The summed E-state index contributed by atoms with van der Waals surface area (Å²) in [5.41, 5.74) is 1.39. The number of hydrogen-bond donors (Lipinski definition) is 1. The lowest BCUT2D eigenvalue weighted by molar-refractivity contribution is 0.0255. The molecule has 3 aromatic rings. The quantitative estimate of drug-likeness (QED) is 0.448. The Morgan fingerprint density at radius 3 is 2.78 bits per heavy atom. The van der Waals surface area contributed by atoms with Gasteiger partial charge in [0.15, 0.2) is 11.4 Å². The fraction of sp³-hybridized carbons (Fsp3) is 0.286. The number of fused-ring (bicyclic) bond motifs is 8. The summed E-state index contributed by atoms with van der Waals surface area (Å²) >= 11 is 1.63. The number of thioether (sulfide) groups is 1. The summed E-state index contributed by atoms with van der Waals surface area (Å²) in [6, 6.07) is 11.8. The average molecular weight is 518 g/mol. The van der Waals surface area contributed by atoms with Crippen molar-refractivity contribution in [3.05, 3.63) is 99.2 Å². The zero-order chi connectivity index (χ0) is 25.3. The van der Waals surface area contributed by atoms with Crippen molar-refractivity contribution in [3.63, 3.8) is 0 Å². The third kappa shape index (κ3) is 3.26. The Hall–Kier alpha value is -3.72. The Bertz CT molecular complexity index is 1550. The maximum atomic E-state index is 14.8. The van der Waals surface area contributed by atoms with Crippen LogP contribution in [0.4, 0.5) is 4.39 Å². The van der Waals surface area contributed by atoms with Gasteiger partial charge in [0, 0.05) is 34.5 Å². The van der Waals surface area contributed by atoms with Crippen molar-refractivity contribution in [2.24, 2.45) is 0 Å². The first-order chi connectivity index (χ1) is 18.0. The van der Waals surface area contributed by atoms with Crippen molar-refractivity contribution in [1.29, 1.82) is 0 Å². The van der Waals surface area contributed by atoms with Crippen LogP contribution < -0.4 is 15.2 Å². The van der Waals surface area contributed by atoms with Crippen molar-refractivity contribution in [2.45, 2.75) is 41.5 Å². The molecule has 7 rings (SSSR count). The molecule has 4 aliphatic rings. The van der Waals surface area contributed by atoms with E-state index in [0.717, 1.165) is 40.8 Å². The Labute approximate surface area is 216 Å². The minimum atomic E-state index is -0.604. The average Bonchev–Trinajstić information content (AvgIpc) is 3.03. The molecule has 1 fully saturated rings. The van der Waals surface area contributed by atoms with E-state index in [2.05, 4.69) is 0 Å². The molecule has 1 aliphatic carbocycles. The SMILES string of the molecule is O=C1c2c(O)c(=O)ccn2N2CN1C1(/C=C/COc3cc(F)cc4c3[C@@H]2c2ccccc2SC4)CCC1. The van der Waals surface area contributed by atoms with E-state index in [1.54, 1.807) is 33.6 Å². The minimum absolute atomic E-state index is 0.0572. The minimum Gasteiger partial charge on any atom is -0.502 e. The second-order valence-electron chi connectivity index (χ2n) is 9.91. The Morgan fingerprint density at radius 1 is 1.14 bits per heavy atom. The Morgan fingerprint density at radius 2 is 1.97 bits per heavy atom. The van der Waals surface area contributed by atoms with Gasteiger partial charge in [-0.2, -0.15) is 0 Å². The molecule has 1 saturated carbocycles. The van der Waals surface area contributed by atoms with Gasteiger partial charge in [0.2, 0.25) is 5.43 Å². The molecule has 188 valence electrons. The lowest BCUT2D eigenvalue weighted by Crippen LogP contribution is -2.64. The molecule has 9 heteroatoms. The largest absolute Gasteiger partial charge is 0.502 e. The third-order valence-corrected chi connectivity index (χ3v) is 9.08. The van der Waals surface area contributed by atoms with Crippen molar-refractivity contribution in [1.82, 2.24) is 9.58 Å². The molecule has 0 saturated heterocycles. The first kappa shape index (κ1) is 22.5. The zero-order valence-corrected chi connectivity index (χ0v) is 20.7. The molecule has 3 aliphatic heterocycles. The monoisotopic (exact) mass is 517 g/mol. The molecule has 0 radical (unpaired) electrons. The number of benzene rings is 2. The van der Waals surface area contributed by atoms with Crippen LogP contribution in [-0.2, 0) is 5.75 Å². The van der Waals surface area contributed by atoms with E-state index >= 15 is 0 Å². The highest BCUT2D eigenvalue weighted by Crippen LogP contribution is 2.48. The molecule has 7 nitrogen and oxygen atoms in total. The van der Waals surface area contributed by atoms with E-state index in [1.165, 1.54) is 12.1 Å². The van der Waals surface area contributed by atoms with Crippen molar-refractivity contribution < 1.29 is 19.0 Å². The van der Waals surface area contributed by atoms with Crippen LogP contribution in [0.25, 0.3) is 0 Å². The summed E-state index contributed by atoms with van der Waals surface area (Å²) in [5, 5.41) is 12.9. The standard InChI is InChI=1S/C28H24FN3O4S/c29-18-13-17-15-37-22-6-2-1-5-19(22)24-23(17)21(14-18)36-12-4-10-28(8-3-9-28)30-16-32(24)31-11-7-20(33)26(34)25(31)27(30)35/h1-2,4-7,10-11,13-14,24,34H,3,8-9,12,15-16H2/b10-4+/t24-/m0/s1. The fourth-order valence-corrected chi connectivity index (χ4v) is 7.08. The summed E-state index contributed by atoms with van der Waals surface area (Å²) in [7, 11) is 0. The molecule has 1 N–H and O–H groups in total. The number of hydrogen-bond acceptors (Lipinski definition) is 6. The van der Waals surface area contributed by atoms with E-state index in [-0.39, 0.29) is 30.7 Å². The van der Waals surface area contributed by atoms with E-state index in [9.17, 15) is 19.1 Å². The maximum Gasteiger partial charge on any atom is 0.278 e. The maximum absolute atomic E-state index is 14.8. The topological polar surface area (TPSA) is 75.0 Å². The molecule has 2 bridgehead atoms. The summed E-state index contributed by atoms with van der Waals surface area (Å²) in [6.07, 6.45) is 7.92. The van der Waals surface area contributed by atoms with Gasteiger partial charge in [-0.15, -0.1) is 11.8 Å². The second kappa shape index (κ2) is 8.14. The van der Waals surface area contributed by atoms with Crippen molar-refractivity contribution in [3.8, 4) is 11.5 Å². The molecule has 1 spiro atoms. The number of aromatic hydroxyl groups is 1. The van der Waals surface area contributed by atoms with Crippen molar-refractivity contribution in [2.75, 3.05) is 18.3 Å². The van der Waals surface area contributed by atoms with Gasteiger partial charge in [0.05, 0.1) is 5.54 Å². The molecule has 1 atom stereocenters. The molecule has 0 unspecified atom stereocenters. The van der Waals surface area contributed by atoms with Crippen LogP contribution in [-0.4, -0.2) is 39.4 Å². The van der Waals surface area contributed by atoms with Gasteiger partial charge in [-0.05, 0) is 48.6 Å². The van der Waals surface area contributed by atoms with Crippen LogP contribution in [0.1, 0.15) is 52.5 Å². The number of amides is 1. The molecule has 1 aromatic heterocycles. The van der Waals surface area contributed by atoms with Gasteiger partial charge in [-0.1, -0.05) is 24.3 Å².